The maximum atomic E-state index is 11.4. The van der Waals surface area contributed by atoms with Crippen LogP contribution in [0.3, 0.4) is 0 Å². The summed E-state index contributed by atoms with van der Waals surface area (Å²) in [5.41, 5.74) is 6.42. The molecule has 0 saturated carbocycles. The highest BCUT2D eigenvalue weighted by molar-refractivity contribution is 7.22. The molecule has 0 spiro atoms. The topological polar surface area (TPSA) is 62.5 Å². The van der Waals surface area contributed by atoms with Crippen LogP contribution in [-0.4, -0.2) is 49.0 Å². The lowest BCUT2D eigenvalue weighted by Crippen LogP contribution is -2.44. The van der Waals surface area contributed by atoms with Gasteiger partial charge in [0.05, 0.1) is 15.8 Å². The van der Waals surface area contributed by atoms with Gasteiger partial charge in [0.1, 0.15) is 0 Å². The molecule has 19 heavy (non-hydrogen) atoms. The van der Waals surface area contributed by atoms with Crippen LogP contribution in [0.5, 0.6) is 0 Å². The van der Waals surface area contributed by atoms with Crippen molar-refractivity contribution < 1.29 is 4.79 Å². The number of hydrogen-bond acceptors (Lipinski definition) is 5. The summed E-state index contributed by atoms with van der Waals surface area (Å²) in [5, 5.41) is 0.963. The van der Waals surface area contributed by atoms with Crippen LogP contribution in [0.1, 0.15) is 10.4 Å². The lowest BCUT2D eigenvalue weighted by Gasteiger charge is -2.32. The minimum Gasteiger partial charge on any atom is -0.366 e. The lowest BCUT2D eigenvalue weighted by atomic mass is 10.2. The summed E-state index contributed by atoms with van der Waals surface area (Å²) >= 11 is 1.61. The van der Waals surface area contributed by atoms with E-state index in [9.17, 15) is 4.79 Å². The van der Waals surface area contributed by atoms with Gasteiger partial charge in [0.2, 0.25) is 0 Å². The average Bonchev–Trinajstić information content (AvgIpc) is 2.82. The van der Waals surface area contributed by atoms with E-state index < -0.39 is 5.91 Å². The first kappa shape index (κ1) is 12.4. The molecule has 5 nitrogen and oxygen atoms in total. The highest BCUT2D eigenvalue weighted by Crippen LogP contribution is 2.30. The fourth-order valence-electron chi connectivity index (χ4n) is 2.20. The van der Waals surface area contributed by atoms with Gasteiger partial charge < -0.3 is 15.5 Å². The van der Waals surface area contributed by atoms with Gasteiger partial charge in [0.15, 0.2) is 5.13 Å². The Bertz CT molecular complexity index is 616. The van der Waals surface area contributed by atoms with Gasteiger partial charge in [-0.25, -0.2) is 4.98 Å². The maximum absolute atomic E-state index is 11.4. The van der Waals surface area contributed by atoms with Crippen LogP contribution < -0.4 is 10.6 Å². The predicted molar refractivity (Wildman–Crippen MR) is 76.7 cm³/mol. The molecule has 1 aliphatic rings. The Hall–Kier alpha value is -1.66. The number of hydrogen-bond donors (Lipinski definition) is 1. The van der Waals surface area contributed by atoms with E-state index in [2.05, 4.69) is 27.9 Å². The van der Waals surface area contributed by atoms with Gasteiger partial charge in [-0.1, -0.05) is 17.4 Å². The summed E-state index contributed by atoms with van der Waals surface area (Å²) in [6.45, 7) is 3.99. The highest BCUT2D eigenvalue weighted by atomic mass is 32.1. The molecule has 2 N–H and O–H groups in total. The number of thiazole rings is 1. The molecule has 1 amide bonds. The van der Waals surface area contributed by atoms with Crippen LogP contribution in [0, 0.1) is 6.07 Å². The van der Waals surface area contributed by atoms with E-state index in [0.29, 0.717) is 11.1 Å². The molecule has 1 aromatic heterocycles. The molecule has 1 aliphatic heterocycles. The van der Waals surface area contributed by atoms with E-state index >= 15 is 0 Å². The van der Waals surface area contributed by atoms with Crippen LogP contribution in [0.4, 0.5) is 5.13 Å². The van der Waals surface area contributed by atoms with E-state index in [0.717, 1.165) is 36.0 Å². The van der Waals surface area contributed by atoms with Gasteiger partial charge in [-0.3, -0.25) is 4.79 Å². The van der Waals surface area contributed by atoms with E-state index in [-0.39, 0.29) is 0 Å². The summed E-state index contributed by atoms with van der Waals surface area (Å²) in [5.74, 6) is -0.471. The fraction of sp³-hybridized carbons (Fsp3) is 0.385. The van der Waals surface area contributed by atoms with Crippen molar-refractivity contribution in [2.75, 3.05) is 38.1 Å². The van der Waals surface area contributed by atoms with Crippen molar-refractivity contribution in [3.63, 3.8) is 0 Å². The number of primary amides is 1. The number of carbonyl (C=O) groups is 1. The molecule has 1 fully saturated rings. The van der Waals surface area contributed by atoms with Crippen LogP contribution in [0.2, 0.25) is 0 Å². The molecule has 1 radical (unpaired) electrons. The van der Waals surface area contributed by atoms with Gasteiger partial charge in [-0.2, -0.15) is 0 Å². The third kappa shape index (κ3) is 2.29. The van der Waals surface area contributed by atoms with Crippen LogP contribution >= 0.6 is 11.3 Å². The Morgan fingerprint density at radius 3 is 2.84 bits per heavy atom. The number of piperazine rings is 1. The Balaban J connectivity index is 1.98. The summed E-state index contributed by atoms with van der Waals surface area (Å²) in [6, 6.07) is 6.54. The Kier molecular flexibility index (Phi) is 3.12. The van der Waals surface area contributed by atoms with Crippen molar-refractivity contribution in [2.45, 2.75) is 0 Å². The number of amides is 1. The Morgan fingerprint density at radius 2 is 2.16 bits per heavy atom. The number of fused-ring (bicyclic) bond motifs is 1. The lowest BCUT2D eigenvalue weighted by molar-refractivity contribution is 0.100. The number of anilines is 1. The predicted octanol–water partition coefficient (Wildman–Crippen LogP) is 0.947. The van der Waals surface area contributed by atoms with Crippen molar-refractivity contribution >= 4 is 32.6 Å². The van der Waals surface area contributed by atoms with Crippen molar-refractivity contribution in [3.8, 4) is 0 Å². The first-order valence-corrected chi connectivity index (χ1v) is 7.01. The summed E-state index contributed by atoms with van der Waals surface area (Å²) in [7, 11) is 2.12. The molecule has 2 aromatic rings. The van der Waals surface area contributed by atoms with Gasteiger partial charge in [0.25, 0.3) is 5.91 Å². The summed E-state index contributed by atoms with van der Waals surface area (Å²) in [4.78, 5) is 20.5. The second-order valence-corrected chi connectivity index (χ2v) is 5.73. The maximum Gasteiger partial charge on any atom is 0.251 e. The van der Waals surface area contributed by atoms with E-state index in [1.807, 2.05) is 6.07 Å². The Morgan fingerprint density at radius 1 is 1.42 bits per heavy atom. The van der Waals surface area contributed by atoms with Crippen LogP contribution in [-0.2, 0) is 0 Å². The van der Waals surface area contributed by atoms with Crippen LogP contribution in [0.25, 0.3) is 10.2 Å². The van der Waals surface area contributed by atoms with Gasteiger partial charge in [0, 0.05) is 26.2 Å². The normalized spacial score (nSPS) is 17.0. The SMILES string of the molecule is CN1CCN(c2nc3c(C(N)=O)[c]ccc3s2)CC1. The van der Waals surface area contributed by atoms with Crippen LogP contribution in [0.15, 0.2) is 12.1 Å². The van der Waals surface area contributed by atoms with E-state index in [4.69, 9.17) is 5.73 Å². The van der Waals surface area contributed by atoms with Crippen molar-refractivity contribution in [1.29, 1.82) is 0 Å². The fourth-order valence-corrected chi connectivity index (χ4v) is 3.23. The molecular weight excluding hydrogens is 260 g/mol. The summed E-state index contributed by atoms with van der Waals surface area (Å²) < 4.78 is 0.987. The summed E-state index contributed by atoms with van der Waals surface area (Å²) in [6.07, 6.45) is 0. The third-order valence-corrected chi connectivity index (χ3v) is 4.44. The standard InChI is InChI=1S/C13H15N4OS/c1-16-5-7-17(8-6-16)13-15-11-9(12(14)18)3-2-4-10(11)19-13/h2,4H,5-8H2,1H3,(H2,14,18). The molecule has 0 unspecified atom stereocenters. The number of nitrogens with zero attached hydrogens (tertiary/aromatic N) is 3. The second kappa shape index (κ2) is 4.79. The zero-order valence-electron chi connectivity index (χ0n) is 10.7. The molecule has 3 rings (SSSR count). The quantitative estimate of drug-likeness (QED) is 0.886. The highest BCUT2D eigenvalue weighted by Gasteiger charge is 2.19. The first-order chi connectivity index (χ1) is 9.15. The van der Waals surface area contributed by atoms with Gasteiger partial charge >= 0.3 is 0 Å². The molecule has 0 bridgehead atoms. The van der Waals surface area contributed by atoms with Gasteiger partial charge in [-0.15, -0.1) is 0 Å². The van der Waals surface area contributed by atoms with Crippen molar-refractivity contribution in [1.82, 2.24) is 9.88 Å². The van der Waals surface area contributed by atoms with E-state index in [1.165, 1.54) is 0 Å². The van der Waals surface area contributed by atoms with Crippen molar-refractivity contribution in [2.24, 2.45) is 5.73 Å². The molecule has 2 heterocycles. The largest absolute Gasteiger partial charge is 0.366 e. The van der Waals surface area contributed by atoms with Gasteiger partial charge in [-0.05, 0) is 19.2 Å². The minimum atomic E-state index is -0.471. The molecule has 1 aromatic carbocycles. The molecule has 0 atom stereocenters. The third-order valence-electron chi connectivity index (χ3n) is 3.36. The molecule has 6 heteroatoms. The molecular formula is C13H15N4OS. The zero-order chi connectivity index (χ0) is 13.4. The number of nitrogens with two attached hydrogens (primary N) is 1. The monoisotopic (exact) mass is 275 g/mol. The number of likely N-dealkylation sites (N-methyl/N-ethyl adjacent to an activating group) is 1. The molecule has 99 valence electrons. The second-order valence-electron chi connectivity index (χ2n) is 4.72. The van der Waals surface area contributed by atoms with E-state index in [1.54, 1.807) is 17.4 Å². The molecule has 0 aliphatic carbocycles. The average molecular weight is 275 g/mol. The molecule has 1 saturated heterocycles. The van der Waals surface area contributed by atoms with Crippen molar-refractivity contribution in [3.05, 3.63) is 23.8 Å². The minimum absolute atomic E-state index is 0.383. The number of rotatable bonds is 2. The smallest absolute Gasteiger partial charge is 0.251 e. The first-order valence-electron chi connectivity index (χ1n) is 6.19. The Labute approximate surface area is 115 Å². The number of benzene rings is 1. The zero-order valence-corrected chi connectivity index (χ0v) is 11.5. The number of aromatic nitrogens is 1. The number of carbonyl (C=O) groups excluding carboxylic acids is 1.